The Morgan fingerprint density at radius 3 is 2.31 bits per heavy atom. The SMILES string of the molecule is Cc1cn(C(=O)OCC2c3ccccc3-c3ccccc32)c(=S)[nH]c1=O. The zero-order valence-electron chi connectivity index (χ0n) is 14.1. The molecule has 0 atom stereocenters. The predicted octanol–water partition coefficient (Wildman–Crippen LogP) is 4.01. The van der Waals surface area contributed by atoms with Crippen molar-refractivity contribution in [1.82, 2.24) is 9.55 Å². The van der Waals surface area contributed by atoms with Crippen LogP contribution in [0.2, 0.25) is 0 Å². The van der Waals surface area contributed by atoms with Gasteiger partial charge in [0.15, 0.2) is 4.77 Å². The molecule has 0 spiro atoms. The van der Waals surface area contributed by atoms with Gasteiger partial charge in [-0.3, -0.25) is 9.78 Å². The number of hydrogen-bond donors (Lipinski definition) is 1. The van der Waals surface area contributed by atoms with Crippen LogP contribution in [0.5, 0.6) is 0 Å². The first kappa shape index (κ1) is 16.5. The van der Waals surface area contributed by atoms with Gasteiger partial charge in [-0.2, -0.15) is 0 Å². The number of benzene rings is 2. The summed E-state index contributed by atoms with van der Waals surface area (Å²) in [6.45, 7) is 1.81. The summed E-state index contributed by atoms with van der Waals surface area (Å²) in [5, 5.41) is 0. The van der Waals surface area contributed by atoms with E-state index in [1.807, 2.05) is 24.3 Å². The molecule has 4 rings (SSSR count). The molecule has 1 N–H and O–H groups in total. The van der Waals surface area contributed by atoms with E-state index < -0.39 is 6.09 Å². The van der Waals surface area contributed by atoms with Crippen molar-refractivity contribution in [2.45, 2.75) is 12.8 Å². The molecule has 0 aliphatic heterocycles. The summed E-state index contributed by atoms with van der Waals surface area (Å²) in [4.78, 5) is 26.5. The van der Waals surface area contributed by atoms with E-state index in [1.165, 1.54) is 17.3 Å². The van der Waals surface area contributed by atoms with Crippen molar-refractivity contribution in [3.63, 3.8) is 0 Å². The number of nitrogens with one attached hydrogen (secondary N) is 1. The minimum atomic E-state index is -0.601. The van der Waals surface area contributed by atoms with E-state index in [0.717, 1.165) is 15.7 Å². The summed E-state index contributed by atoms with van der Waals surface area (Å²) in [5.41, 5.74) is 4.71. The highest BCUT2D eigenvalue weighted by Gasteiger charge is 2.29. The van der Waals surface area contributed by atoms with Crippen LogP contribution in [-0.2, 0) is 4.74 Å². The van der Waals surface area contributed by atoms with Crippen LogP contribution in [0.15, 0.2) is 59.5 Å². The molecule has 0 radical (unpaired) electrons. The highest BCUT2D eigenvalue weighted by atomic mass is 32.1. The van der Waals surface area contributed by atoms with Crippen LogP contribution in [0, 0.1) is 11.7 Å². The molecule has 1 aliphatic rings. The fraction of sp³-hybridized carbons (Fsp3) is 0.150. The Hall–Kier alpha value is -2.99. The number of aromatic nitrogens is 2. The third kappa shape index (κ3) is 2.68. The molecule has 0 bridgehead atoms. The molecule has 1 aromatic heterocycles. The highest BCUT2D eigenvalue weighted by Crippen LogP contribution is 2.44. The van der Waals surface area contributed by atoms with Crippen molar-refractivity contribution < 1.29 is 9.53 Å². The molecule has 1 aliphatic carbocycles. The smallest absolute Gasteiger partial charge is 0.420 e. The second-order valence-electron chi connectivity index (χ2n) is 6.25. The molecule has 130 valence electrons. The summed E-state index contributed by atoms with van der Waals surface area (Å²) in [6.07, 6.45) is 0.802. The Balaban J connectivity index is 1.63. The quantitative estimate of drug-likeness (QED) is 0.698. The number of nitrogens with zero attached hydrogens (tertiary/aromatic N) is 1. The summed E-state index contributed by atoms with van der Waals surface area (Å²) in [7, 11) is 0. The van der Waals surface area contributed by atoms with Gasteiger partial charge >= 0.3 is 6.09 Å². The Morgan fingerprint density at radius 2 is 1.69 bits per heavy atom. The van der Waals surface area contributed by atoms with Gasteiger partial charge in [0.2, 0.25) is 0 Å². The van der Waals surface area contributed by atoms with E-state index in [0.29, 0.717) is 5.56 Å². The van der Waals surface area contributed by atoms with Gasteiger partial charge in [0.1, 0.15) is 6.61 Å². The van der Waals surface area contributed by atoms with Gasteiger partial charge in [0.05, 0.1) is 0 Å². The zero-order valence-corrected chi connectivity index (χ0v) is 14.9. The average molecular weight is 364 g/mol. The first-order valence-corrected chi connectivity index (χ1v) is 8.65. The van der Waals surface area contributed by atoms with E-state index in [2.05, 4.69) is 29.2 Å². The number of carbonyl (C=O) groups excluding carboxylic acids is 1. The lowest BCUT2D eigenvalue weighted by molar-refractivity contribution is 0.143. The van der Waals surface area contributed by atoms with Crippen molar-refractivity contribution in [3.8, 4) is 11.1 Å². The zero-order chi connectivity index (χ0) is 18.3. The van der Waals surface area contributed by atoms with E-state index in [9.17, 15) is 9.59 Å². The van der Waals surface area contributed by atoms with Gasteiger partial charge in [-0.05, 0) is 41.4 Å². The standard InChI is InChI=1S/C20H16N2O3S/c1-12-10-22(19(26)21-18(12)23)20(24)25-11-17-15-8-4-2-6-13(15)14-7-3-5-9-16(14)17/h2-10,17H,11H2,1H3,(H,21,23,26). The third-order valence-electron chi connectivity index (χ3n) is 4.65. The molecule has 2 aromatic carbocycles. The molecule has 1 heterocycles. The summed E-state index contributed by atoms with van der Waals surface area (Å²) in [6, 6.07) is 16.3. The molecule has 0 fully saturated rings. The maximum Gasteiger partial charge on any atom is 0.420 e. The number of H-pyrrole nitrogens is 1. The summed E-state index contributed by atoms with van der Waals surface area (Å²) >= 11 is 5.06. The van der Waals surface area contributed by atoms with Crippen molar-refractivity contribution in [1.29, 1.82) is 0 Å². The van der Waals surface area contributed by atoms with Gasteiger partial charge < -0.3 is 4.74 Å². The number of aryl methyl sites for hydroxylation is 1. The number of carbonyl (C=O) groups is 1. The van der Waals surface area contributed by atoms with Gasteiger partial charge in [0, 0.05) is 17.7 Å². The predicted molar refractivity (Wildman–Crippen MR) is 101 cm³/mol. The topological polar surface area (TPSA) is 64.1 Å². The number of fused-ring (bicyclic) bond motifs is 3. The van der Waals surface area contributed by atoms with Gasteiger partial charge in [0.25, 0.3) is 5.56 Å². The van der Waals surface area contributed by atoms with Crippen LogP contribution < -0.4 is 5.56 Å². The molecule has 26 heavy (non-hydrogen) atoms. The van der Waals surface area contributed by atoms with Crippen LogP contribution in [-0.4, -0.2) is 22.3 Å². The van der Waals surface area contributed by atoms with Crippen LogP contribution in [0.25, 0.3) is 11.1 Å². The second kappa shape index (κ2) is 6.38. The van der Waals surface area contributed by atoms with E-state index in [-0.39, 0.29) is 22.9 Å². The fourth-order valence-electron chi connectivity index (χ4n) is 3.37. The van der Waals surface area contributed by atoms with Crippen molar-refractivity contribution in [2.24, 2.45) is 0 Å². The summed E-state index contributed by atoms with van der Waals surface area (Å²) in [5.74, 6) is -0.0237. The molecular weight excluding hydrogens is 348 g/mol. The number of aromatic amines is 1. The van der Waals surface area contributed by atoms with Gasteiger partial charge in [-0.1, -0.05) is 48.5 Å². The minimum Gasteiger partial charge on any atom is -0.448 e. The van der Waals surface area contributed by atoms with Crippen LogP contribution >= 0.6 is 12.2 Å². The maximum absolute atomic E-state index is 12.5. The first-order chi connectivity index (χ1) is 12.6. The molecule has 0 saturated carbocycles. The first-order valence-electron chi connectivity index (χ1n) is 8.24. The van der Waals surface area contributed by atoms with Gasteiger partial charge in [-0.25, -0.2) is 9.36 Å². The number of hydrogen-bond acceptors (Lipinski definition) is 4. The average Bonchev–Trinajstić information content (AvgIpc) is 2.97. The monoisotopic (exact) mass is 364 g/mol. The van der Waals surface area contributed by atoms with Gasteiger partial charge in [-0.15, -0.1) is 0 Å². The molecule has 5 nitrogen and oxygen atoms in total. The molecule has 3 aromatic rings. The van der Waals surface area contributed by atoms with E-state index in [4.69, 9.17) is 17.0 Å². The number of rotatable bonds is 2. The largest absolute Gasteiger partial charge is 0.448 e. The normalized spacial score (nSPS) is 12.5. The lowest BCUT2D eigenvalue weighted by atomic mass is 9.98. The van der Waals surface area contributed by atoms with E-state index in [1.54, 1.807) is 6.92 Å². The fourth-order valence-corrected chi connectivity index (χ4v) is 3.59. The molecule has 0 saturated heterocycles. The molecular formula is C20H16N2O3S. The Labute approximate surface area is 154 Å². The lowest BCUT2D eigenvalue weighted by Gasteiger charge is -2.15. The lowest BCUT2D eigenvalue weighted by Crippen LogP contribution is -2.23. The maximum atomic E-state index is 12.5. The van der Waals surface area contributed by atoms with Crippen molar-refractivity contribution >= 4 is 18.3 Å². The highest BCUT2D eigenvalue weighted by molar-refractivity contribution is 7.71. The molecule has 6 heteroatoms. The summed E-state index contributed by atoms with van der Waals surface area (Å²) < 4.78 is 6.71. The Kier molecular flexibility index (Phi) is 4.05. The molecule has 0 amide bonds. The molecule has 0 unspecified atom stereocenters. The minimum absolute atomic E-state index is 0.0237. The van der Waals surface area contributed by atoms with Crippen LogP contribution in [0.3, 0.4) is 0 Å². The van der Waals surface area contributed by atoms with Crippen molar-refractivity contribution in [2.75, 3.05) is 6.61 Å². The second-order valence-corrected chi connectivity index (χ2v) is 6.63. The van der Waals surface area contributed by atoms with Crippen LogP contribution in [0.1, 0.15) is 22.6 Å². The van der Waals surface area contributed by atoms with Crippen LogP contribution in [0.4, 0.5) is 4.79 Å². The third-order valence-corrected chi connectivity index (χ3v) is 4.95. The number of ether oxygens (including phenoxy) is 1. The Bertz CT molecular complexity index is 1080. The van der Waals surface area contributed by atoms with E-state index >= 15 is 0 Å². The Morgan fingerprint density at radius 1 is 1.12 bits per heavy atom. The van der Waals surface area contributed by atoms with Crippen molar-refractivity contribution in [3.05, 3.63) is 86.5 Å².